The summed E-state index contributed by atoms with van der Waals surface area (Å²) in [4.78, 5) is 11.8. The van der Waals surface area contributed by atoms with Gasteiger partial charge in [-0.2, -0.15) is 5.10 Å². The fraction of sp³-hybridized carbons (Fsp3) is 0.467. The number of fused-ring (bicyclic) bond motifs is 1. The molecule has 3 nitrogen and oxygen atoms in total. The predicted octanol–water partition coefficient (Wildman–Crippen LogP) is 2.64. The number of benzene rings is 1. The van der Waals surface area contributed by atoms with Crippen molar-refractivity contribution in [3.63, 3.8) is 0 Å². The molecule has 3 rings (SSSR count). The summed E-state index contributed by atoms with van der Waals surface area (Å²) in [5, 5.41) is 4.31. The van der Waals surface area contributed by atoms with Crippen molar-refractivity contribution in [2.45, 2.75) is 32.6 Å². The van der Waals surface area contributed by atoms with Crippen molar-refractivity contribution in [3.8, 4) is 0 Å². The SMILES string of the molecule is Cc1ccc(C2=NNC(=O)[C@@H]3CCCC[C@H]23)cc1. The topological polar surface area (TPSA) is 41.5 Å². The first-order chi connectivity index (χ1) is 8.75. The fourth-order valence-corrected chi connectivity index (χ4v) is 3.06. The summed E-state index contributed by atoms with van der Waals surface area (Å²) >= 11 is 0. The van der Waals surface area contributed by atoms with Gasteiger partial charge in [0.1, 0.15) is 0 Å². The first-order valence-electron chi connectivity index (χ1n) is 6.70. The van der Waals surface area contributed by atoms with Crippen LogP contribution in [0.2, 0.25) is 0 Å². The Balaban J connectivity index is 1.95. The van der Waals surface area contributed by atoms with Crippen molar-refractivity contribution in [1.82, 2.24) is 5.43 Å². The summed E-state index contributed by atoms with van der Waals surface area (Å²) in [5.74, 6) is 0.554. The number of nitrogens with one attached hydrogen (secondary N) is 1. The predicted molar refractivity (Wildman–Crippen MR) is 71.3 cm³/mol. The van der Waals surface area contributed by atoms with E-state index in [1.807, 2.05) is 0 Å². The molecule has 0 unspecified atom stereocenters. The van der Waals surface area contributed by atoms with Crippen LogP contribution in [0.4, 0.5) is 0 Å². The summed E-state index contributed by atoms with van der Waals surface area (Å²) in [6, 6.07) is 8.42. The maximum atomic E-state index is 11.8. The molecule has 1 N–H and O–H groups in total. The van der Waals surface area contributed by atoms with E-state index in [9.17, 15) is 4.79 Å². The van der Waals surface area contributed by atoms with Crippen molar-refractivity contribution < 1.29 is 4.79 Å². The average molecular weight is 242 g/mol. The van der Waals surface area contributed by atoms with Gasteiger partial charge >= 0.3 is 0 Å². The van der Waals surface area contributed by atoms with Gasteiger partial charge in [0.05, 0.1) is 5.71 Å². The Kier molecular flexibility index (Phi) is 2.90. The van der Waals surface area contributed by atoms with Gasteiger partial charge in [-0.15, -0.1) is 0 Å². The zero-order valence-electron chi connectivity index (χ0n) is 10.6. The van der Waals surface area contributed by atoms with Gasteiger partial charge in [0.15, 0.2) is 0 Å². The van der Waals surface area contributed by atoms with E-state index in [0.717, 1.165) is 30.5 Å². The molecule has 1 fully saturated rings. The van der Waals surface area contributed by atoms with Gasteiger partial charge in [-0.1, -0.05) is 42.7 Å². The van der Waals surface area contributed by atoms with Crippen LogP contribution in [0, 0.1) is 18.8 Å². The quantitative estimate of drug-likeness (QED) is 0.808. The number of aryl methyl sites for hydroxylation is 1. The molecule has 0 spiro atoms. The van der Waals surface area contributed by atoms with Crippen molar-refractivity contribution in [2.75, 3.05) is 0 Å². The van der Waals surface area contributed by atoms with E-state index in [0.29, 0.717) is 5.92 Å². The molecule has 94 valence electrons. The Morgan fingerprint density at radius 2 is 1.78 bits per heavy atom. The van der Waals surface area contributed by atoms with Crippen molar-refractivity contribution in [3.05, 3.63) is 35.4 Å². The second-order valence-corrected chi connectivity index (χ2v) is 5.34. The molecule has 1 amide bonds. The lowest BCUT2D eigenvalue weighted by Gasteiger charge is -2.34. The lowest BCUT2D eigenvalue weighted by Crippen LogP contribution is -2.43. The van der Waals surface area contributed by atoms with E-state index < -0.39 is 0 Å². The molecule has 0 aromatic heterocycles. The van der Waals surface area contributed by atoms with Gasteiger partial charge in [-0.05, 0) is 25.3 Å². The molecule has 3 heteroatoms. The number of hydrogen-bond donors (Lipinski definition) is 1. The van der Waals surface area contributed by atoms with E-state index in [-0.39, 0.29) is 11.8 Å². The molecule has 1 aromatic rings. The van der Waals surface area contributed by atoms with Gasteiger partial charge in [0.25, 0.3) is 0 Å². The zero-order valence-corrected chi connectivity index (χ0v) is 10.6. The standard InChI is InChI=1S/C15H18N2O/c1-10-6-8-11(9-7-10)14-12-4-2-3-5-13(12)15(18)17-16-14/h6-9,12-13H,2-5H2,1H3,(H,17,18)/t12-,13+/m0/s1. The van der Waals surface area contributed by atoms with Crippen LogP contribution in [0.1, 0.15) is 36.8 Å². The zero-order chi connectivity index (χ0) is 12.5. The highest BCUT2D eigenvalue weighted by molar-refractivity contribution is 6.06. The van der Waals surface area contributed by atoms with Crippen LogP contribution < -0.4 is 5.43 Å². The van der Waals surface area contributed by atoms with E-state index in [4.69, 9.17) is 0 Å². The third-order valence-electron chi connectivity index (χ3n) is 4.09. The number of hydrogen-bond acceptors (Lipinski definition) is 2. The van der Waals surface area contributed by atoms with E-state index in [1.165, 1.54) is 12.0 Å². The summed E-state index contributed by atoms with van der Waals surface area (Å²) in [7, 11) is 0. The molecule has 0 saturated heterocycles. The second kappa shape index (κ2) is 4.56. The smallest absolute Gasteiger partial charge is 0.243 e. The number of carbonyl (C=O) groups excluding carboxylic acids is 1. The van der Waals surface area contributed by atoms with Crippen LogP contribution in [-0.4, -0.2) is 11.6 Å². The second-order valence-electron chi connectivity index (χ2n) is 5.34. The monoisotopic (exact) mass is 242 g/mol. The lowest BCUT2D eigenvalue weighted by molar-refractivity contribution is -0.127. The normalized spacial score (nSPS) is 27.2. The van der Waals surface area contributed by atoms with Crippen LogP contribution >= 0.6 is 0 Å². The number of amides is 1. The first-order valence-corrected chi connectivity index (χ1v) is 6.70. The molecule has 18 heavy (non-hydrogen) atoms. The first kappa shape index (κ1) is 11.5. The summed E-state index contributed by atoms with van der Waals surface area (Å²) in [6.07, 6.45) is 4.46. The maximum Gasteiger partial charge on any atom is 0.243 e. The molecule has 0 bridgehead atoms. The highest BCUT2D eigenvalue weighted by atomic mass is 16.2. The number of carbonyl (C=O) groups is 1. The van der Waals surface area contributed by atoms with Gasteiger partial charge in [0.2, 0.25) is 5.91 Å². The molecule has 2 aliphatic rings. The molecule has 0 radical (unpaired) electrons. The Morgan fingerprint density at radius 3 is 2.50 bits per heavy atom. The van der Waals surface area contributed by atoms with Crippen LogP contribution in [0.3, 0.4) is 0 Å². The van der Waals surface area contributed by atoms with Gasteiger partial charge in [0, 0.05) is 11.8 Å². The van der Waals surface area contributed by atoms with Crippen molar-refractivity contribution in [2.24, 2.45) is 16.9 Å². The molecule has 1 heterocycles. The van der Waals surface area contributed by atoms with Crippen LogP contribution in [-0.2, 0) is 4.79 Å². The van der Waals surface area contributed by atoms with Crippen LogP contribution in [0.5, 0.6) is 0 Å². The van der Waals surface area contributed by atoms with Crippen molar-refractivity contribution >= 4 is 11.6 Å². The maximum absolute atomic E-state index is 11.8. The third-order valence-corrected chi connectivity index (χ3v) is 4.09. The molecule has 2 atom stereocenters. The summed E-state index contributed by atoms with van der Waals surface area (Å²) < 4.78 is 0. The lowest BCUT2D eigenvalue weighted by atomic mass is 9.74. The van der Waals surface area contributed by atoms with E-state index >= 15 is 0 Å². The molecule has 1 aliphatic heterocycles. The highest BCUT2D eigenvalue weighted by Crippen LogP contribution is 2.34. The summed E-state index contributed by atoms with van der Waals surface area (Å²) in [5.41, 5.74) is 6.16. The largest absolute Gasteiger partial charge is 0.273 e. The minimum atomic E-state index is 0.107. The molecule has 1 aromatic carbocycles. The average Bonchev–Trinajstić information content (AvgIpc) is 2.41. The van der Waals surface area contributed by atoms with Crippen molar-refractivity contribution in [1.29, 1.82) is 0 Å². The van der Waals surface area contributed by atoms with Crippen LogP contribution in [0.15, 0.2) is 29.4 Å². The number of hydrazone groups is 1. The van der Waals surface area contributed by atoms with Gasteiger partial charge < -0.3 is 0 Å². The highest BCUT2D eigenvalue weighted by Gasteiger charge is 2.37. The van der Waals surface area contributed by atoms with Gasteiger partial charge in [-0.25, -0.2) is 5.43 Å². The Morgan fingerprint density at radius 1 is 1.11 bits per heavy atom. The fourth-order valence-electron chi connectivity index (χ4n) is 3.06. The van der Waals surface area contributed by atoms with E-state index in [2.05, 4.69) is 41.7 Å². The number of nitrogens with zero attached hydrogens (tertiary/aromatic N) is 1. The molecule has 1 saturated carbocycles. The Labute approximate surface area is 107 Å². The van der Waals surface area contributed by atoms with Crippen LogP contribution in [0.25, 0.3) is 0 Å². The van der Waals surface area contributed by atoms with Gasteiger partial charge in [-0.3, -0.25) is 4.79 Å². The third kappa shape index (κ3) is 1.94. The summed E-state index contributed by atoms with van der Waals surface area (Å²) in [6.45, 7) is 2.08. The minimum absolute atomic E-state index is 0.107. The number of rotatable bonds is 1. The molecular weight excluding hydrogens is 224 g/mol. The Hall–Kier alpha value is -1.64. The molecular formula is C15H18N2O. The Bertz CT molecular complexity index is 490. The van der Waals surface area contributed by atoms with E-state index in [1.54, 1.807) is 0 Å². The molecule has 1 aliphatic carbocycles. The minimum Gasteiger partial charge on any atom is -0.273 e.